The molecule has 8 nitrogen and oxygen atoms in total. The summed E-state index contributed by atoms with van der Waals surface area (Å²) in [5.74, 6) is 0.836. The molecule has 188 valence electrons. The Morgan fingerprint density at radius 1 is 1.21 bits per heavy atom. The molecule has 1 aromatic heterocycles. The lowest BCUT2D eigenvalue weighted by Gasteiger charge is -2.25. The average molecular weight is 485 g/mol. The predicted molar refractivity (Wildman–Crippen MR) is 129 cm³/mol. The van der Waals surface area contributed by atoms with E-state index >= 15 is 0 Å². The van der Waals surface area contributed by atoms with Crippen molar-refractivity contribution < 1.29 is 27.5 Å². The quantitative estimate of drug-likeness (QED) is 0.442. The Morgan fingerprint density at radius 2 is 1.85 bits per heavy atom. The van der Waals surface area contributed by atoms with Crippen molar-refractivity contribution in [3.05, 3.63) is 28.1 Å². The molecule has 1 aromatic rings. The van der Waals surface area contributed by atoms with Crippen LogP contribution in [0.3, 0.4) is 0 Å². The smallest absolute Gasteiger partial charge is 0.302 e. The molecule has 0 spiro atoms. The van der Waals surface area contributed by atoms with Crippen molar-refractivity contribution in [1.29, 1.82) is 0 Å². The summed E-state index contributed by atoms with van der Waals surface area (Å²) in [7, 11) is -3.19. The van der Waals surface area contributed by atoms with Crippen LogP contribution >= 0.6 is 0 Å². The van der Waals surface area contributed by atoms with E-state index in [1.165, 1.54) is 12.5 Å². The predicted octanol–water partition coefficient (Wildman–Crippen LogP) is 3.69. The number of pyridine rings is 1. The Kier molecular flexibility index (Phi) is 12.2. The summed E-state index contributed by atoms with van der Waals surface area (Å²) in [6, 6.07) is 0. The maximum Gasteiger partial charge on any atom is 0.302 e. The summed E-state index contributed by atoms with van der Waals surface area (Å²) in [6.45, 7) is 12.6. The third kappa shape index (κ3) is 9.90. The number of ketones is 1. The SMILES string of the molecule is CC.CCOC(C)=O.Cc1c(COCCNS(C)(=O)=O)nc2c(c1C1CC1)C(=O)CC(C)C2. The van der Waals surface area contributed by atoms with Gasteiger partial charge in [-0.2, -0.15) is 0 Å². The molecular weight excluding hydrogens is 444 g/mol. The van der Waals surface area contributed by atoms with Crippen molar-refractivity contribution in [2.75, 3.05) is 26.0 Å². The molecule has 0 aromatic carbocycles. The van der Waals surface area contributed by atoms with E-state index < -0.39 is 10.0 Å². The molecule has 0 radical (unpaired) electrons. The molecule has 0 bridgehead atoms. The minimum Gasteiger partial charge on any atom is -0.466 e. The summed E-state index contributed by atoms with van der Waals surface area (Å²) >= 11 is 0. The van der Waals surface area contributed by atoms with Crippen LogP contribution in [0.5, 0.6) is 0 Å². The zero-order valence-corrected chi connectivity index (χ0v) is 21.9. The molecule has 2 aliphatic carbocycles. The second-order valence-corrected chi connectivity index (χ2v) is 10.1. The maximum absolute atomic E-state index is 12.6. The number of esters is 1. The first-order valence-corrected chi connectivity index (χ1v) is 13.6. The Hall–Kier alpha value is -1.84. The molecule has 1 saturated carbocycles. The zero-order valence-electron chi connectivity index (χ0n) is 21.1. The summed E-state index contributed by atoms with van der Waals surface area (Å²) in [6.07, 6.45) is 4.85. The first kappa shape index (κ1) is 29.2. The average Bonchev–Trinajstić information content (AvgIpc) is 3.54. The third-order valence-corrected chi connectivity index (χ3v) is 5.93. The van der Waals surface area contributed by atoms with Gasteiger partial charge < -0.3 is 9.47 Å². The lowest BCUT2D eigenvalue weighted by Crippen LogP contribution is -2.26. The fraction of sp³-hybridized carbons (Fsp3) is 0.708. The lowest BCUT2D eigenvalue weighted by atomic mass is 9.82. The van der Waals surface area contributed by atoms with E-state index in [2.05, 4.69) is 16.4 Å². The number of hydrogen-bond acceptors (Lipinski definition) is 7. The van der Waals surface area contributed by atoms with Gasteiger partial charge in [0, 0.05) is 25.5 Å². The van der Waals surface area contributed by atoms with E-state index in [9.17, 15) is 18.0 Å². The monoisotopic (exact) mass is 484 g/mol. The number of aromatic nitrogens is 1. The number of carbonyl (C=O) groups excluding carboxylic acids is 2. The number of ether oxygens (including phenoxy) is 2. The van der Waals surface area contributed by atoms with Gasteiger partial charge in [0.2, 0.25) is 10.0 Å². The van der Waals surface area contributed by atoms with Gasteiger partial charge in [-0.05, 0) is 56.1 Å². The van der Waals surface area contributed by atoms with Crippen LogP contribution in [0, 0.1) is 12.8 Å². The van der Waals surface area contributed by atoms with Gasteiger partial charge in [-0.3, -0.25) is 14.6 Å². The minimum atomic E-state index is -3.19. The molecule has 33 heavy (non-hydrogen) atoms. The van der Waals surface area contributed by atoms with E-state index in [-0.39, 0.29) is 18.3 Å². The van der Waals surface area contributed by atoms with E-state index in [4.69, 9.17) is 9.72 Å². The molecule has 1 atom stereocenters. The minimum absolute atomic E-state index is 0.211. The van der Waals surface area contributed by atoms with Crippen LogP contribution < -0.4 is 4.72 Å². The van der Waals surface area contributed by atoms with Crippen molar-refractivity contribution in [2.45, 2.75) is 79.8 Å². The van der Waals surface area contributed by atoms with E-state index in [0.29, 0.717) is 38.1 Å². The Labute approximate surface area is 198 Å². The number of nitrogens with zero attached hydrogens (tertiary/aromatic N) is 1. The molecule has 1 fully saturated rings. The standard InChI is InChI=1S/C18H26N2O4S.C4H8O2.C2H6/c1-11-8-14-18(16(21)9-11)17(13-4-5-13)12(2)15(20-14)10-24-7-6-19-25(3,22)23;1-3-6-4(2)5;1-2/h11,13,19H,4-10H2,1-3H3;3H2,1-2H3;1-2H3. The number of fused-ring (bicyclic) bond motifs is 1. The highest BCUT2D eigenvalue weighted by Gasteiger charge is 2.35. The number of hydrogen-bond donors (Lipinski definition) is 1. The van der Waals surface area contributed by atoms with Gasteiger partial charge in [0.15, 0.2) is 5.78 Å². The number of sulfonamides is 1. The van der Waals surface area contributed by atoms with Gasteiger partial charge in [0.25, 0.3) is 0 Å². The van der Waals surface area contributed by atoms with Gasteiger partial charge in [0.1, 0.15) is 0 Å². The summed E-state index contributed by atoms with van der Waals surface area (Å²) in [5.41, 5.74) is 4.93. The molecular formula is C24H40N2O6S. The zero-order chi connectivity index (χ0) is 25.2. The van der Waals surface area contributed by atoms with Gasteiger partial charge in [-0.1, -0.05) is 20.8 Å². The van der Waals surface area contributed by atoms with Gasteiger partial charge in [-0.25, -0.2) is 13.1 Å². The Balaban J connectivity index is 0.000000593. The maximum atomic E-state index is 12.6. The van der Waals surface area contributed by atoms with Crippen molar-refractivity contribution in [2.24, 2.45) is 5.92 Å². The summed E-state index contributed by atoms with van der Waals surface area (Å²) in [5, 5.41) is 0. The first-order chi connectivity index (χ1) is 15.5. The Bertz CT molecular complexity index is 910. The second-order valence-electron chi connectivity index (χ2n) is 8.27. The number of nitrogens with one attached hydrogen (secondary N) is 1. The Morgan fingerprint density at radius 3 is 2.33 bits per heavy atom. The molecule has 9 heteroatoms. The number of carbonyl (C=O) groups is 2. The van der Waals surface area contributed by atoms with Crippen LogP contribution in [0.15, 0.2) is 0 Å². The van der Waals surface area contributed by atoms with Crippen LogP contribution in [-0.2, 0) is 37.3 Å². The van der Waals surface area contributed by atoms with E-state index in [0.717, 1.165) is 48.0 Å². The fourth-order valence-electron chi connectivity index (χ4n) is 3.77. The number of Topliss-reactive ketones (excluding diaryl/α,β-unsaturated/α-hetero) is 1. The highest BCUT2D eigenvalue weighted by Crippen LogP contribution is 2.46. The first-order valence-electron chi connectivity index (χ1n) is 11.7. The van der Waals surface area contributed by atoms with Crippen molar-refractivity contribution in [1.82, 2.24) is 9.71 Å². The van der Waals surface area contributed by atoms with Crippen LogP contribution in [0.2, 0.25) is 0 Å². The van der Waals surface area contributed by atoms with E-state index in [1.54, 1.807) is 6.92 Å². The molecule has 0 aliphatic heterocycles. The van der Waals surface area contributed by atoms with Gasteiger partial charge in [-0.15, -0.1) is 0 Å². The summed E-state index contributed by atoms with van der Waals surface area (Å²) < 4.78 is 34.5. The van der Waals surface area contributed by atoms with Crippen LogP contribution in [0.4, 0.5) is 0 Å². The largest absolute Gasteiger partial charge is 0.466 e. The third-order valence-electron chi connectivity index (χ3n) is 5.20. The molecule has 0 amide bonds. The molecule has 1 N–H and O–H groups in total. The van der Waals surface area contributed by atoms with Crippen molar-refractivity contribution in [3.63, 3.8) is 0 Å². The molecule has 0 saturated heterocycles. The summed E-state index contributed by atoms with van der Waals surface area (Å²) in [4.78, 5) is 27.1. The lowest BCUT2D eigenvalue weighted by molar-refractivity contribution is -0.140. The topological polar surface area (TPSA) is 112 Å². The van der Waals surface area contributed by atoms with Crippen LogP contribution in [-0.4, -0.2) is 51.2 Å². The van der Waals surface area contributed by atoms with Gasteiger partial charge in [0.05, 0.1) is 37.5 Å². The normalized spacial score (nSPS) is 17.2. The van der Waals surface area contributed by atoms with Crippen LogP contribution in [0.1, 0.15) is 92.7 Å². The van der Waals surface area contributed by atoms with E-state index in [1.807, 2.05) is 20.8 Å². The molecule has 1 unspecified atom stereocenters. The highest BCUT2D eigenvalue weighted by molar-refractivity contribution is 7.88. The molecule has 2 aliphatic rings. The fourth-order valence-corrected chi connectivity index (χ4v) is 4.23. The molecule has 1 heterocycles. The van der Waals surface area contributed by atoms with Crippen molar-refractivity contribution >= 4 is 21.8 Å². The van der Waals surface area contributed by atoms with Gasteiger partial charge >= 0.3 is 5.97 Å². The van der Waals surface area contributed by atoms with Crippen molar-refractivity contribution in [3.8, 4) is 0 Å². The highest BCUT2D eigenvalue weighted by atomic mass is 32.2. The number of rotatable bonds is 8. The molecule has 3 rings (SSSR count). The van der Waals surface area contributed by atoms with Crippen LogP contribution in [0.25, 0.3) is 0 Å². The second kappa shape index (κ2) is 13.8.